The lowest BCUT2D eigenvalue weighted by Gasteiger charge is -2.16. The highest BCUT2D eigenvalue weighted by Gasteiger charge is 2.16. The van der Waals surface area contributed by atoms with Gasteiger partial charge in [-0.1, -0.05) is 6.07 Å². The van der Waals surface area contributed by atoms with Crippen molar-refractivity contribution in [3.8, 4) is 0 Å². The summed E-state index contributed by atoms with van der Waals surface area (Å²) >= 11 is 0. The van der Waals surface area contributed by atoms with Crippen LogP contribution in [0.3, 0.4) is 0 Å². The highest BCUT2D eigenvalue weighted by molar-refractivity contribution is 5.12. The maximum absolute atomic E-state index is 5.34. The highest BCUT2D eigenvalue weighted by atomic mass is 16.5. The Hall–Kier alpha value is -0.930. The maximum atomic E-state index is 5.34. The Labute approximate surface area is 90.9 Å². The fourth-order valence-corrected chi connectivity index (χ4v) is 1.84. The zero-order valence-corrected chi connectivity index (χ0v) is 9.15. The molecule has 0 saturated carbocycles. The molecule has 1 saturated heterocycles. The van der Waals surface area contributed by atoms with Gasteiger partial charge >= 0.3 is 0 Å². The van der Waals surface area contributed by atoms with Crippen molar-refractivity contribution in [3.63, 3.8) is 0 Å². The van der Waals surface area contributed by atoms with Crippen molar-refractivity contribution in [2.75, 3.05) is 19.8 Å². The Morgan fingerprint density at radius 1 is 1.67 bits per heavy atom. The summed E-state index contributed by atoms with van der Waals surface area (Å²) in [6, 6.07) is 4.46. The smallest absolute Gasteiger partial charge is 0.0507 e. The molecule has 2 unspecified atom stereocenters. The first-order chi connectivity index (χ1) is 7.36. The molecule has 2 rings (SSSR count). The first-order valence-electron chi connectivity index (χ1n) is 5.57. The predicted octanol–water partition coefficient (Wildman–Crippen LogP) is 1.77. The number of nitrogens with one attached hydrogen (secondary N) is 1. The molecule has 0 spiro atoms. The molecule has 15 heavy (non-hydrogen) atoms. The molecular formula is C12H18N2O. The molecule has 3 heteroatoms. The van der Waals surface area contributed by atoms with Gasteiger partial charge in [0.2, 0.25) is 0 Å². The van der Waals surface area contributed by atoms with Crippen molar-refractivity contribution in [2.45, 2.75) is 19.4 Å². The highest BCUT2D eigenvalue weighted by Crippen LogP contribution is 2.14. The molecule has 1 aromatic rings. The predicted molar refractivity (Wildman–Crippen MR) is 59.6 cm³/mol. The van der Waals surface area contributed by atoms with E-state index in [1.807, 2.05) is 12.3 Å². The molecular weight excluding hydrogens is 188 g/mol. The van der Waals surface area contributed by atoms with Crippen LogP contribution in [0.2, 0.25) is 0 Å². The summed E-state index contributed by atoms with van der Waals surface area (Å²) in [5.41, 5.74) is 1.25. The van der Waals surface area contributed by atoms with E-state index in [1.165, 1.54) is 12.0 Å². The Morgan fingerprint density at radius 2 is 2.60 bits per heavy atom. The minimum Gasteiger partial charge on any atom is -0.381 e. The van der Waals surface area contributed by atoms with Gasteiger partial charge in [0.25, 0.3) is 0 Å². The molecule has 3 nitrogen and oxygen atoms in total. The van der Waals surface area contributed by atoms with Gasteiger partial charge in [-0.3, -0.25) is 4.98 Å². The number of nitrogens with zero attached hydrogens (tertiary/aromatic N) is 1. The van der Waals surface area contributed by atoms with Gasteiger partial charge in [-0.2, -0.15) is 0 Å². The van der Waals surface area contributed by atoms with Gasteiger partial charge in [-0.15, -0.1) is 0 Å². The maximum Gasteiger partial charge on any atom is 0.0507 e. The van der Waals surface area contributed by atoms with Crippen LogP contribution in [-0.4, -0.2) is 24.7 Å². The standard InChI is InChI=1S/C12H18N2O/c1-10(12-3-2-5-13-8-12)14-7-11-4-6-15-9-11/h2-3,5,8,10-11,14H,4,6-7,9H2,1H3. The lowest BCUT2D eigenvalue weighted by atomic mass is 10.1. The van der Waals surface area contributed by atoms with Gasteiger partial charge in [0.05, 0.1) is 6.61 Å². The van der Waals surface area contributed by atoms with Crippen LogP contribution in [0.15, 0.2) is 24.5 Å². The molecule has 0 radical (unpaired) electrons. The van der Waals surface area contributed by atoms with Crippen LogP contribution in [0, 0.1) is 5.92 Å². The SMILES string of the molecule is CC(NCC1CCOC1)c1cccnc1. The second kappa shape index (κ2) is 5.24. The summed E-state index contributed by atoms with van der Waals surface area (Å²) < 4.78 is 5.34. The second-order valence-electron chi connectivity index (χ2n) is 4.15. The molecule has 0 amide bonds. The quantitative estimate of drug-likeness (QED) is 0.815. The number of rotatable bonds is 4. The van der Waals surface area contributed by atoms with E-state index in [0.717, 1.165) is 19.8 Å². The number of pyridine rings is 1. The number of hydrogen-bond acceptors (Lipinski definition) is 3. The van der Waals surface area contributed by atoms with Crippen molar-refractivity contribution in [1.82, 2.24) is 10.3 Å². The number of ether oxygens (including phenoxy) is 1. The lowest BCUT2D eigenvalue weighted by molar-refractivity contribution is 0.184. The van der Waals surface area contributed by atoms with E-state index in [9.17, 15) is 0 Å². The molecule has 1 aliphatic heterocycles. The molecule has 1 fully saturated rings. The molecule has 0 aliphatic carbocycles. The third kappa shape index (κ3) is 3.01. The summed E-state index contributed by atoms with van der Waals surface area (Å²) in [6.45, 7) is 5.04. The average Bonchev–Trinajstić information content (AvgIpc) is 2.80. The minimum absolute atomic E-state index is 0.374. The Kier molecular flexibility index (Phi) is 3.69. The normalized spacial score (nSPS) is 22.9. The molecule has 2 heterocycles. The monoisotopic (exact) mass is 206 g/mol. The lowest BCUT2D eigenvalue weighted by Crippen LogP contribution is -2.26. The van der Waals surface area contributed by atoms with Gasteiger partial charge in [-0.05, 0) is 30.9 Å². The van der Waals surface area contributed by atoms with E-state index >= 15 is 0 Å². The Bertz CT molecular complexity index is 283. The molecule has 82 valence electrons. The van der Waals surface area contributed by atoms with Gasteiger partial charge < -0.3 is 10.1 Å². The van der Waals surface area contributed by atoms with Gasteiger partial charge in [-0.25, -0.2) is 0 Å². The van der Waals surface area contributed by atoms with E-state index in [1.54, 1.807) is 6.20 Å². The number of hydrogen-bond donors (Lipinski definition) is 1. The Morgan fingerprint density at radius 3 is 3.27 bits per heavy atom. The average molecular weight is 206 g/mol. The molecule has 2 atom stereocenters. The minimum atomic E-state index is 0.374. The molecule has 1 aliphatic rings. The van der Waals surface area contributed by atoms with Crippen molar-refractivity contribution >= 4 is 0 Å². The first kappa shape index (κ1) is 10.6. The third-order valence-corrected chi connectivity index (χ3v) is 2.92. The van der Waals surface area contributed by atoms with Gasteiger partial charge in [0, 0.05) is 31.6 Å². The zero-order chi connectivity index (χ0) is 10.5. The molecule has 1 N–H and O–H groups in total. The van der Waals surface area contributed by atoms with Crippen LogP contribution in [0.5, 0.6) is 0 Å². The van der Waals surface area contributed by atoms with Crippen LogP contribution in [0.4, 0.5) is 0 Å². The second-order valence-corrected chi connectivity index (χ2v) is 4.15. The molecule has 1 aromatic heterocycles. The van der Waals surface area contributed by atoms with Crippen molar-refractivity contribution in [2.24, 2.45) is 5.92 Å². The van der Waals surface area contributed by atoms with Crippen molar-refractivity contribution in [3.05, 3.63) is 30.1 Å². The van der Waals surface area contributed by atoms with Crippen LogP contribution < -0.4 is 5.32 Å². The summed E-state index contributed by atoms with van der Waals surface area (Å²) in [5.74, 6) is 0.684. The van der Waals surface area contributed by atoms with Gasteiger partial charge in [0.15, 0.2) is 0 Å². The third-order valence-electron chi connectivity index (χ3n) is 2.92. The van der Waals surface area contributed by atoms with E-state index in [4.69, 9.17) is 4.74 Å². The topological polar surface area (TPSA) is 34.1 Å². The summed E-state index contributed by atoms with van der Waals surface area (Å²) in [5, 5.41) is 3.52. The van der Waals surface area contributed by atoms with Crippen LogP contribution in [-0.2, 0) is 4.74 Å². The van der Waals surface area contributed by atoms with Crippen LogP contribution in [0.1, 0.15) is 24.9 Å². The van der Waals surface area contributed by atoms with Crippen molar-refractivity contribution < 1.29 is 4.74 Å². The van der Waals surface area contributed by atoms with E-state index in [0.29, 0.717) is 12.0 Å². The van der Waals surface area contributed by atoms with Crippen LogP contribution in [0.25, 0.3) is 0 Å². The summed E-state index contributed by atoms with van der Waals surface area (Å²) in [7, 11) is 0. The van der Waals surface area contributed by atoms with E-state index < -0.39 is 0 Å². The fraction of sp³-hybridized carbons (Fsp3) is 0.583. The first-order valence-corrected chi connectivity index (χ1v) is 5.57. The van der Waals surface area contributed by atoms with Gasteiger partial charge in [0.1, 0.15) is 0 Å². The molecule has 0 aromatic carbocycles. The largest absolute Gasteiger partial charge is 0.381 e. The zero-order valence-electron chi connectivity index (χ0n) is 9.15. The van der Waals surface area contributed by atoms with Crippen molar-refractivity contribution in [1.29, 1.82) is 0 Å². The van der Waals surface area contributed by atoms with E-state index in [2.05, 4.69) is 23.3 Å². The summed E-state index contributed by atoms with van der Waals surface area (Å²) in [4.78, 5) is 4.12. The number of aromatic nitrogens is 1. The van der Waals surface area contributed by atoms with E-state index in [-0.39, 0.29) is 0 Å². The molecule has 0 bridgehead atoms. The summed E-state index contributed by atoms with van der Waals surface area (Å²) in [6.07, 6.45) is 4.91. The fourth-order valence-electron chi connectivity index (χ4n) is 1.84. The van der Waals surface area contributed by atoms with Crippen LogP contribution >= 0.6 is 0 Å². The Balaban J connectivity index is 1.79.